The van der Waals surface area contributed by atoms with Crippen molar-refractivity contribution in [1.29, 1.82) is 0 Å². The van der Waals surface area contributed by atoms with Crippen LogP contribution in [0.2, 0.25) is 0 Å². The number of benzene rings is 1. The monoisotopic (exact) mass is 450 g/mol. The molecule has 1 aromatic heterocycles. The number of alkyl halides is 3. The molecular weight excluding hydrogens is 429 g/mol. The van der Waals surface area contributed by atoms with Crippen molar-refractivity contribution in [3.8, 4) is 5.75 Å². The van der Waals surface area contributed by atoms with Gasteiger partial charge in [0.05, 0.1) is 20.0 Å². The summed E-state index contributed by atoms with van der Waals surface area (Å²) in [6.07, 6.45) is -1.25. The van der Waals surface area contributed by atoms with E-state index in [4.69, 9.17) is 4.74 Å². The Morgan fingerprint density at radius 2 is 2.10 bits per heavy atom. The molecule has 0 aliphatic carbocycles. The molecule has 0 spiro atoms. The van der Waals surface area contributed by atoms with Crippen molar-refractivity contribution < 1.29 is 23.0 Å². The maximum absolute atomic E-state index is 12.8. The highest BCUT2D eigenvalue weighted by atomic mass is 32.1. The van der Waals surface area contributed by atoms with Crippen LogP contribution in [0, 0.1) is 0 Å². The van der Waals surface area contributed by atoms with Crippen LogP contribution in [0.25, 0.3) is 5.57 Å². The zero-order valence-corrected chi connectivity index (χ0v) is 17.5. The van der Waals surface area contributed by atoms with Gasteiger partial charge < -0.3 is 19.6 Å². The molecule has 1 unspecified atom stereocenters. The fraction of sp³-hybridized carbons (Fsp3) is 0.333. The fourth-order valence-electron chi connectivity index (χ4n) is 3.41. The van der Waals surface area contributed by atoms with Crippen LogP contribution in [-0.4, -0.2) is 53.8 Å². The first-order chi connectivity index (χ1) is 14.8. The van der Waals surface area contributed by atoms with Gasteiger partial charge in [0.25, 0.3) is 0 Å². The molecule has 6 nitrogen and oxygen atoms in total. The Hall–Kier alpha value is -2.85. The van der Waals surface area contributed by atoms with Gasteiger partial charge >= 0.3 is 6.18 Å². The van der Waals surface area contributed by atoms with Crippen LogP contribution in [0.1, 0.15) is 21.7 Å². The largest absolute Gasteiger partial charge is 0.497 e. The molecule has 0 radical (unpaired) electrons. The number of thiophene rings is 1. The third kappa shape index (κ3) is 4.91. The van der Waals surface area contributed by atoms with E-state index in [0.717, 1.165) is 23.8 Å². The number of ether oxygens (including phenoxy) is 1. The van der Waals surface area contributed by atoms with Gasteiger partial charge in [-0.1, -0.05) is 18.2 Å². The van der Waals surface area contributed by atoms with E-state index in [0.29, 0.717) is 35.3 Å². The summed E-state index contributed by atoms with van der Waals surface area (Å²) < 4.78 is 43.6. The lowest BCUT2D eigenvalue weighted by Gasteiger charge is -2.32. The third-order valence-corrected chi connectivity index (χ3v) is 6.18. The molecule has 1 atom stereocenters. The first-order valence-electron chi connectivity index (χ1n) is 9.63. The number of aliphatic imine (C=N–C) groups is 2. The molecular formula is C21H21F3N4O2S. The van der Waals surface area contributed by atoms with Crippen LogP contribution in [0.3, 0.4) is 0 Å². The van der Waals surface area contributed by atoms with Gasteiger partial charge in [-0.2, -0.15) is 18.2 Å². The summed E-state index contributed by atoms with van der Waals surface area (Å²) >= 11 is 0.650. The fourth-order valence-corrected chi connectivity index (χ4v) is 4.30. The number of methoxy groups -OCH3 is 1. The van der Waals surface area contributed by atoms with Gasteiger partial charge in [0.1, 0.15) is 10.6 Å². The molecule has 31 heavy (non-hydrogen) atoms. The highest BCUT2D eigenvalue weighted by Gasteiger charge is 2.32. The van der Waals surface area contributed by atoms with E-state index in [1.165, 1.54) is 22.9 Å². The van der Waals surface area contributed by atoms with Crippen molar-refractivity contribution in [3.63, 3.8) is 0 Å². The van der Waals surface area contributed by atoms with E-state index in [1.807, 2.05) is 29.2 Å². The molecule has 0 fully saturated rings. The molecule has 0 saturated heterocycles. The summed E-state index contributed by atoms with van der Waals surface area (Å²) in [5, 5.41) is 10.4. The van der Waals surface area contributed by atoms with E-state index in [9.17, 15) is 18.3 Å². The van der Waals surface area contributed by atoms with Gasteiger partial charge in [-0.3, -0.25) is 0 Å². The Balaban J connectivity index is 1.38. The van der Waals surface area contributed by atoms with E-state index in [-0.39, 0.29) is 6.54 Å². The summed E-state index contributed by atoms with van der Waals surface area (Å²) in [6, 6.07) is 10.3. The van der Waals surface area contributed by atoms with E-state index >= 15 is 0 Å². The van der Waals surface area contributed by atoms with Crippen molar-refractivity contribution in [2.45, 2.75) is 25.5 Å². The highest BCUT2D eigenvalue weighted by molar-refractivity contribution is 7.12. The summed E-state index contributed by atoms with van der Waals surface area (Å²) in [5.74, 6) is 1.21. The second kappa shape index (κ2) is 8.72. The average Bonchev–Trinajstić information content (AvgIpc) is 3.25. The first-order valence-corrected chi connectivity index (χ1v) is 10.5. The van der Waals surface area contributed by atoms with Gasteiger partial charge in [0.15, 0.2) is 0 Å². The minimum Gasteiger partial charge on any atom is -0.497 e. The Labute approximate surface area is 181 Å². The molecule has 1 N–H and O–H groups in total. The van der Waals surface area contributed by atoms with E-state index in [2.05, 4.69) is 16.1 Å². The lowest BCUT2D eigenvalue weighted by Crippen LogP contribution is -2.42. The molecule has 164 valence electrons. The van der Waals surface area contributed by atoms with Crippen molar-refractivity contribution in [1.82, 2.24) is 9.80 Å². The first kappa shape index (κ1) is 21.4. The molecule has 2 aliphatic heterocycles. The van der Waals surface area contributed by atoms with Gasteiger partial charge in [0, 0.05) is 18.0 Å². The Bertz CT molecular complexity index is 1030. The molecule has 0 amide bonds. The zero-order chi connectivity index (χ0) is 22.0. The Morgan fingerprint density at radius 3 is 2.74 bits per heavy atom. The minimum atomic E-state index is -4.37. The average molecular weight is 450 g/mol. The number of guanidine groups is 1. The number of hydrogen-bond acceptors (Lipinski definition) is 7. The number of aliphatic hydroxyl groups is 1. The van der Waals surface area contributed by atoms with Crippen LogP contribution < -0.4 is 4.74 Å². The standard InChI is InChI=1S/C21H21F3N4O2S/c1-30-16-4-2-3-15(11-16)14-7-9-27(10-8-14)19-25-13-28(20(29)26-19)12-17-5-6-18(31-17)21(22,23)24/h2-7,11,13,20,29H,8-10,12H2,1H3. The number of aliphatic hydroxyl groups excluding tert-OH is 1. The highest BCUT2D eigenvalue weighted by Crippen LogP contribution is 2.35. The number of halogens is 3. The number of hydrogen-bond donors (Lipinski definition) is 1. The van der Waals surface area contributed by atoms with Crippen LogP contribution in [0.4, 0.5) is 13.2 Å². The van der Waals surface area contributed by atoms with Crippen LogP contribution in [-0.2, 0) is 12.7 Å². The lowest BCUT2D eigenvalue weighted by atomic mass is 9.99. The summed E-state index contributed by atoms with van der Waals surface area (Å²) in [5.41, 5.74) is 2.31. The van der Waals surface area contributed by atoms with E-state index < -0.39 is 17.4 Å². The Morgan fingerprint density at radius 1 is 1.26 bits per heavy atom. The van der Waals surface area contributed by atoms with Gasteiger partial charge in [-0.25, -0.2) is 4.99 Å². The summed E-state index contributed by atoms with van der Waals surface area (Å²) in [4.78, 5) is 11.7. The SMILES string of the molecule is COc1cccc(C2=CCN(C3=NC(O)N(Cc4ccc(C(F)(F)F)s4)C=N3)CC2)c1. The third-order valence-electron chi connectivity index (χ3n) is 5.06. The predicted octanol–water partition coefficient (Wildman–Crippen LogP) is 4.04. The van der Waals surface area contributed by atoms with Crippen LogP contribution in [0.5, 0.6) is 5.75 Å². The second-order valence-electron chi connectivity index (χ2n) is 7.11. The zero-order valence-electron chi connectivity index (χ0n) is 16.7. The van der Waals surface area contributed by atoms with Crippen molar-refractivity contribution >= 4 is 29.2 Å². The summed E-state index contributed by atoms with van der Waals surface area (Å²) in [7, 11) is 1.64. The molecule has 1 aromatic carbocycles. The second-order valence-corrected chi connectivity index (χ2v) is 8.28. The van der Waals surface area contributed by atoms with Crippen LogP contribution >= 0.6 is 11.3 Å². The maximum atomic E-state index is 12.8. The molecule has 3 heterocycles. The molecule has 0 bridgehead atoms. The molecule has 0 saturated carbocycles. The minimum absolute atomic E-state index is 0.0993. The van der Waals surface area contributed by atoms with Gasteiger partial charge in [0.2, 0.25) is 12.3 Å². The molecule has 2 aromatic rings. The summed E-state index contributed by atoms with van der Waals surface area (Å²) in [6.45, 7) is 1.38. The maximum Gasteiger partial charge on any atom is 0.425 e. The predicted molar refractivity (Wildman–Crippen MR) is 114 cm³/mol. The topological polar surface area (TPSA) is 60.7 Å². The van der Waals surface area contributed by atoms with Crippen molar-refractivity contribution in [2.75, 3.05) is 20.2 Å². The quantitative estimate of drug-likeness (QED) is 0.764. The molecule has 10 heteroatoms. The van der Waals surface area contributed by atoms with Gasteiger partial charge in [-0.05, 0) is 41.8 Å². The van der Waals surface area contributed by atoms with Crippen molar-refractivity contribution in [3.05, 3.63) is 57.8 Å². The van der Waals surface area contributed by atoms with Crippen LogP contribution in [0.15, 0.2) is 52.5 Å². The number of nitrogens with zero attached hydrogens (tertiary/aromatic N) is 4. The molecule has 2 aliphatic rings. The smallest absolute Gasteiger partial charge is 0.425 e. The van der Waals surface area contributed by atoms with Crippen molar-refractivity contribution in [2.24, 2.45) is 9.98 Å². The Kier molecular flexibility index (Phi) is 6.01. The van der Waals surface area contributed by atoms with Gasteiger partial charge in [-0.15, -0.1) is 11.3 Å². The lowest BCUT2D eigenvalue weighted by molar-refractivity contribution is -0.134. The normalized spacial score (nSPS) is 19.3. The number of rotatable bonds is 4. The molecule has 4 rings (SSSR count). The van der Waals surface area contributed by atoms with E-state index in [1.54, 1.807) is 7.11 Å².